The summed E-state index contributed by atoms with van der Waals surface area (Å²) in [7, 11) is 1.72. The Morgan fingerprint density at radius 2 is 2.00 bits per heavy atom. The van der Waals surface area contributed by atoms with E-state index in [-0.39, 0.29) is 11.7 Å². The Morgan fingerprint density at radius 1 is 1.29 bits per heavy atom. The van der Waals surface area contributed by atoms with Crippen molar-refractivity contribution in [2.24, 2.45) is 0 Å². The largest absolute Gasteiger partial charge is 0.492 e. The average molecular weight is 235 g/mol. The van der Waals surface area contributed by atoms with E-state index in [1.165, 1.54) is 13.8 Å². The molecule has 1 aromatic rings. The number of Topliss-reactive ketones (excluding diaryl/α,β-unsaturated/α-hetero) is 1. The highest BCUT2D eigenvalue weighted by molar-refractivity contribution is 5.94. The predicted octanol–water partition coefficient (Wildman–Crippen LogP) is 1.75. The van der Waals surface area contributed by atoms with E-state index >= 15 is 0 Å². The van der Waals surface area contributed by atoms with Gasteiger partial charge in [0, 0.05) is 19.5 Å². The van der Waals surface area contributed by atoms with Gasteiger partial charge in [0.1, 0.15) is 12.4 Å². The van der Waals surface area contributed by atoms with Crippen LogP contribution in [0.4, 0.5) is 0 Å². The van der Waals surface area contributed by atoms with E-state index in [4.69, 9.17) is 4.74 Å². The Kier molecular flexibility index (Phi) is 4.69. The first-order chi connectivity index (χ1) is 8.00. The van der Waals surface area contributed by atoms with Gasteiger partial charge in [0.15, 0.2) is 5.78 Å². The molecule has 1 aromatic carbocycles. The second kappa shape index (κ2) is 6.03. The minimum absolute atomic E-state index is 0.00564. The van der Waals surface area contributed by atoms with E-state index < -0.39 is 0 Å². The third-order valence-electron chi connectivity index (χ3n) is 2.47. The molecule has 0 fully saturated rings. The van der Waals surface area contributed by atoms with Crippen LogP contribution in [0.3, 0.4) is 0 Å². The zero-order valence-electron chi connectivity index (χ0n) is 10.4. The summed E-state index contributed by atoms with van der Waals surface area (Å²) < 4.78 is 5.47. The number of carbonyl (C=O) groups is 2. The summed E-state index contributed by atoms with van der Waals surface area (Å²) in [4.78, 5) is 23.7. The lowest BCUT2D eigenvalue weighted by Crippen LogP contribution is -2.28. The van der Waals surface area contributed by atoms with Gasteiger partial charge in [-0.3, -0.25) is 9.59 Å². The highest BCUT2D eigenvalue weighted by atomic mass is 16.5. The topological polar surface area (TPSA) is 46.6 Å². The first kappa shape index (κ1) is 13.2. The number of ketones is 1. The zero-order valence-corrected chi connectivity index (χ0v) is 10.4. The fourth-order valence-electron chi connectivity index (χ4n) is 1.26. The molecule has 0 heterocycles. The Hall–Kier alpha value is -1.84. The van der Waals surface area contributed by atoms with Crippen LogP contribution in [0.25, 0.3) is 0 Å². The molecule has 0 bridgehead atoms. The minimum atomic E-state index is 0.00564. The molecule has 4 heteroatoms. The number of ether oxygens (including phenoxy) is 1. The summed E-state index contributed by atoms with van der Waals surface area (Å²) in [6.45, 7) is 3.97. The maximum absolute atomic E-state index is 11.2. The van der Waals surface area contributed by atoms with Crippen molar-refractivity contribution in [3.63, 3.8) is 0 Å². The summed E-state index contributed by atoms with van der Waals surface area (Å²) >= 11 is 0. The predicted molar refractivity (Wildman–Crippen MR) is 65.3 cm³/mol. The summed E-state index contributed by atoms with van der Waals surface area (Å²) in [5.41, 5.74) is 0.627. The Labute approximate surface area is 101 Å². The van der Waals surface area contributed by atoms with Crippen molar-refractivity contribution in [2.75, 3.05) is 20.2 Å². The van der Waals surface area contributed by atoms with Gasteiger partial charge in [0.25, 0.3) is 0 Å². The van der Waals surface area contributed by atoms with Crippen LogP contribution in [-0.2, 0) is 4.79 Å². The second-order valence-corrected chi connectivity index (χ2v) is 3.87. The van der Waals surface area contributed by atoms with Gasteiger partial charge in [-0.2, -0.15) is 0 Å². The van der Waals surface area contributed by atoms with Crippen molar-refractivity contribution in [3.8, 4) is 5.75 Å². The monoisotopic (exact) mass is 235 g/mol. The van der Waals surface area contributed by atoms with Crippen molar-refractivity contribution in [1.29, 1.82) is 0 Å². The number of rotatable bonds is 5. The van der Waals surface area contributed by atoms with Crippen molar-refractivity contribution >= 4 is 11.7 Å². The molecule has 0 aliphatic carbocycles. The van der Waals surface area contributed by atoms with E-state index in [2.05, 4.69) is 0 Å². The van der Waals surface area contributed by atoms with Gasteiger partial charge in [0.2, 0.25) is 5.91 Å². The second-order valence-electron chi connectivity index (χ2n) is 3.87. The maximum Gasteiger partial charge on any atom is 0.219 e. The van der Waals surface area contributed by atoms with Crippen LogP contribution in [0.2, 0.25) is 0 Å². The lowest BCUT2D eigenvalue weighted by Gasteiger charge is -2.15. The van der Waals surface area contributed by atoms with Crippen LogP contribution in [0.1, 0.15) is 24.2 Å². The molecule has 0 radical (unpaired) electrons. The number of likely N-dealkylation sites (N-methyl/N-ethyl adjacent to an activating group) is 1. The highest BCUT2D eigenvalue weighted by Gasteiger charge is 2.03. The number of amides is 1. The molecule has 0 saturated heterocycles. The molecular formula is C13H17NO3. The van der Waals surface area contributed by atoms with Crippen molar-refractivity contribution in [1.82, 2.24) is 4.90 Å². The molecule has 0 saturated carbocycles. The van der Waals surface area contributed by atoms with Crippen LogP contribution in [0.15, 0.2) is 24.3 Å². The molecule has 4 nitrogen and oxygen atoms in total. The number of benzene rings is 1. The van der Waals surface area contributed by atoms with Crippen LogP contribution in [0, 0.1) is 0 Å². The summed E-state index contributed by atoms with van der Waals surface area (Å²) in [5, 5.41) is 0. The number of hydrogen-bond acceptors (Lipinski definition) is 3. The van der Waals surface area contributed by atoms with Crippen LogP contribution >= 0.6 is 0 Å². The van der Waals surface area contributed by atoms with Gasteiger partial charge in [-0.1, -0.05) is 12.1 Å². The standard InChI is InChI=1S/C13H17NO3/c1-10(15)12-5-4-6-13(9-12)17-8-7-14(3)11(2)16/h4-6,9H,7-8H2,1-3H3. The van der Waals surface area contributed by atoms with Crippen molar-refractivity contribution in [3.05, 3.63) is 29.8 Å². The van der Waals surface area contributed by atoms with Gasteiger partial charge >= 0.3 is 0 Å². The van der Waals surface area contributed by atoms with Gasteiger partial charge < -0.3 is 9.64 Å². The van der Waals surface area contributed by atoms with Gasteiger partial charge in [-0.05, 0) is 19.1 Å². The molecule has 92 valence electrons. The zero-order chi connectivity index (χ0) is 12.8. The maximum atomic E-state index is 11.2. The van der Waals surface area contributed by atoms with Gasteiger partial charge in [0.05, 0.1) is 6.54 Å². The molecule has 0 spiro atoms. The Bertz CT molecular complexity index is 415. The molecule has 0 N–H and O–H groups in total. The quantitative estimate of drug-likeness (QED) is 0.730. The van der Waals surface area contributed by atoms with E-state index in [1.54, 1.807) is 36.2 Å². The van der Waals surface area contributed by atoms with Gasteiger partial charge in [-0.25, -0.2) is 0 Å². The Balaban J connectivity index is 2.49. The fourth-order valence-corrected chi connectivity index (χ4v) is 1.26. The Morgan fingerprint density at radius 3 is 2.59 bits per heavy atom. The van der Waals surface area contributed by atoms with E-state index in [0.717, 1.165) is 0 Å². The molecule has 1 rings (SSSR count). The van der Waals surface area contributed by atoms with E-state index in [0.29, 0.717) is 24.5 Å². The molecule has 0 aromatic heterocycles. The number of carbonyl (C=O) groups excluding carboxylic acids is 2. The number of nitrogens with zero attached hydrogens (tertiary/aromatic N) is 1. The summed E-state index contributed by atoms with van der Waals surface area (Å²) in [6.07, 6.45) is 0. The molecular weight excluding hydrogens is 218 g/mol. The molecule has 0 atom stereocenters. The van der Waals surface area contributed by atoms with Gasteiger partial charge in [-0.15, -0.1) is 0 Å². The number of hydrogen-bond donors (Lipinski definition) is 0. The van der Waals surface area contributed by atoms with E-state index in [9.17, 15) is 9.59 Å². The molecule has 1 amide bonds. The fraction of sp³-hybridized carbons (Fsp3) is 0.385. The van der Waals surface area contributed by atoms with Crippen LogP contribution < -0.4 is 4.74 Å². The highest BCUT2D eigenvalue weighted by Crippen LogP contribution is 2.13. The third kappa shape index (κ3) is 4.26. The molecule has 0 aliphatic heterocycles. The summed E-state index contributed by atoms with van der Waals surface area (Å²) in [6, 6.07) is 7.02. The normalized spacial score (nSPS) is 9.82. The molecule has 0 unspecified atom stereocenters. The van der Waals surface area contributed by atoms with Crippen molar-refractivity contribution in [2.45, 2.75) is 13.8 Å². The summed E-state index contributed by atoms with van der Waals surface area (Å²) in [5.74, 6) is 0.664. The van der Waals surface area contributed by atoms with Crippen molar-refractivity contribution < 1.29 is 14.3 Å². The molecule has 0 aliphatic rings. The van der Waals surface area contributed by atoms with Crippen LogP contribution in [-0.4, -0.2) is 36.8 Å². The first-order valence-corrected chi connectivity index (χ1v) is 5.46. The van der Waals surface area contributed by atoms with E-state index in [1.807, 2.05) is 0 Å². The molecule has 17 heavy (non-hydrogen) atoms. The lowest BCUT2D eigenvalue weighted by atomic mass is 10.1. The third-order valence-corrected chi connectivity index (χ3v) is 2.47. The lowest BCUT2D eigenvalue weighted by molar-refractivity contribution is -0.127. The average Bonchev–Trinajstić information content (AvgIpc) is 2.29. The first-order valence-electron chi connectivity index (χ1n) is 5.46. The van der Waals surface area contributed by atoms with Crippen LogP contribution in [0.5, 0.6) is 5.75 Å². The SMILES string of the molecule is CC(=O)c1cccc(OCCN(C)C(C)=O)c1. The smallest absolute Gasteiger partial charge is 0.219 e. The minimum Gasteiger partial charge on any atom is -0.492 e.